The van der Waals surface area contributed by atoms with Gasteiger partial charge in [0, 0.05) is 29.1 Å². The highest BCUT2D eigenvalue weighted by Crippen LogP contribution is 2.74. The van der Waals surface area contributed by atoms with Crippen molar-refractivity contribution in [3.63, 3.8) is 0 Å². The molecule has 0 amide bonds. The van der Waals surface area contributed by atoms with Crippen LogP contribution in [0.1, 0.15) is 112 Å². The Morgan fingerprint density at radius 2 is 1.67 bits per heavy atom. The van der Waals surface area contributed by atoms with Gasteiger partial charge in [-0.2, -0.15) is 0 Å². The van der Waals surface area contributed by atoms with Crippen molar-refractivity contribution in [1.29, 1.82) is 0 Å². The normalized spacial score (nSPS) is 46.8. The van der Waals surface area contributed by atoms with Crippen molar-refractivity contribution in [1.82, 2.24) is 0 Å². The van der Waals surface area contributed by atoms with E-state index in [1.165, 1.54) is 19.3 Å². The van der Waals surface area contributed by atoms with E-state index in [4.69, 9.17) is 6.57 Å². The SMILES string of the molecule is [C-]#[N+]C1=C[C@]2(C)C3=CC(=O)[C@@H]4[C@@H]5CC(C)(C)CC[C@]5(C(=O)CC5CCC5)CC[C@@]4(C)[C@]3(C)CC[C@H]2[C@H](C)C1=O. The molecular formula is C35H47NO3. The molecule has 0 aromatic carbocycles. The Labute approximate surface area is 235 Å². The molecule has 210 valence electrons. The Morgan fingerprint density at radius 3 is 2.31 bits per heavy atom. The standard InChI is InChI=1S/C35H47NO3/c1-21-23-11-12-33(5)27(32(23,4)20-25(36-7)30(21)39)18-26(37)29-24-19-31(2,3)13-15-35(24,16-14-34(29,33)6)28(38)17-22-9-8-10-22/h18,20-24,29H,8-17,19H2,1-6H3/t21-,23-,24-,29-,32-,33+,34+,35-/m0/s1. The van der Waals surface area contributed by atoms with Gasteiger partial charge < -0.3 is 4.79 Å². The second kappa shape index (κ2) is 8.50. The maximum Gasteiger partial charge on any atom is 0.226 e. The van der Waals surface area contributed by atoms with Gasteiger partial charge in [0.2, 0.25) is 5.70 Å². The van der Waals surface area contributed by atoms with Crippen LogP contribution in [-0.4, -0.2) is 17.3 Å². The van der Waals surface area contributed by atoms with Gasteiger partial charge in [0.05, 0.1) is 6.57 Å². The zero-order valence-corrected chi connectivity index (χ0v) is 25.0. The fraction of sp³-hybridized carbons (Fsp3) is 0.771. The molecule has 0 heterocycles. The quantitative estimate of drug-likeness (QED) is 0.349. The summed E-state index contributed by atoms with van der Waals surface area (Å²) in [4.78, 5) is 45.3. The first-order valence-electron chi connectivity index (χ1n) is 15.7. The number of carbonyl (C=O) groups excluding carboxylic acids is 3. The van der Waals surface area contributed by atoms with Gasteiger partial charge in [-0.15, -0.1) is 0 Å². The minimum absolute atomic E-state index is 0.0419. The van der Waals surface area contributed by atoms with Crippen LogP contribution in [0.25, 0.3) is 4.85 Å². The molecule has 6 aliphatic carbocycles. The van der Waals surface area contributed by atoms with Gasteiger partial charge in [-0.1, -0.05) is 72.5 Å². The van der Waals surface area contributed by atoms with Crippen LogP contribution in [0.2, 0.25) is 0 Å². The highest BCUT2D eigenvalue weighted by Gasteiger charge is 2.69. The number of rotatable bonds is 3. The highest BCUT2D eigenvalue weighted by atomic mass is 16.1. The lowest BCUT2D eigenvalue weighted by molar-refractivity contribution is -0.177. The van der Waals surface area contributed by atoms with Gasteiger partial charge in [0.25, 0.3) is 0 Å². The van der Waals surface area contributed by atoms with Crippen LogP contribution in [0.3, 0.4) is 0 Å². The Hall–Kier alpha value is -2.02. The fourth-order valence-corrected chi connectivity index (χ4v) is 10.9. The average Bonchev–Trinajstić information content (AvgIpc) is 2.84. The second-order valence-electron chi connectivity index (χ2n) is 16.0. The molecule has 0 aromatic heterocycles. The van der Waals surface area contributed by atoms with Crippen LogP contribution >= 0.6 is 0 Å². The van der Waals surface area contributed by atoms with E-state index in [0.717, 1.165) is 50.5 Å². The molecule has 0 spiro atoms. The van der Waals surface area contributed by atoms with Gasteiger partial charge in [-0.3, -0.25) is 9.59 Å². The molecule has 6 rings (SSSR count). The molecule has 0 bridgehead atoms. The number of ketones is 3. The summed E-state index contributed by atoms with van der Waals surface area (Å²) in [6.45, 7) is 21.3. The van der Waals surface area contributed by atoms with Crippen molar-refractivity contribution in [3.8, 4) is 0 Å². The van der Waals surface area contributed by atoms with E-state index < -0.39 is 5.41 Å². The lowest BCUT2D eigenvalue weighted by Gasteiger charge is -2.68. The number of hydrogen-bond donors (Lipinski definition) is 0. The lowest BCUT2D eigenvalue weighted by atomic mass is 9.34. The number of carbonyl (C=O) groups is 3. The van der Waals surface area contributed by atoms with E-state index in [0.29, 0.717) is 18.1 Å². The third-order valence-corrected chi connectivity index (χ3v) is 13.7. The van der Waals surface area contributed by atoms with Gasteiger partial charge in [-0.05, 0) is 85.0 Å². The molecule has 0 radical (unpaired) electrons. The Kier molecular flexibility index (Phi) is 5.92. The smallest absolute Gasteiger partial charge is 0.226 e. The van der Waals surface area contributed by atoms with Gasteiger partial charge in [0.15, 0.2) is 11.6 Å². The fourth-order valence-electron chi connectivity index (χ4n) is 10.9. The van der Waals surface area contributed by atoms with E-state index in [1.807, 2.05) is 19.1 Å². The zero-order chi connectivity index (χ0) is 28.2. The first kappa shape index (κ1) is 27.2. The summed E-state index contributed by atoms with van der Waals surface area (Å²) in [5, 5.41) is 0. The monoisotopic (exact) mass is 529 g/mol. The van der Waals surface area contributed by atoms with E-state index in [-0.39, 0.29) is 62.6 Å². The van der Waals surface area contributed by atoms with E-state index >= 15 is 0 Å². The van der Waals surface area contributed by atoms with E-state index in [9.17, 15) is 14.4 Å². The van der Waals surface area contributed by atoms with Crippen molar-refractivity contribution in [2.24, 2.45) is 56.7 Å². The van der Waals surface area contributed by atoms with Crippen LogP contribution in [0.15, 0.2) is 23.4 Å². The first-order valence-corrected chi connectivity index (χ1v) is 15.7. The Morgan fingerprint density at radius 1 is 0.974 bits per heavy atom. The van der Waals surface area contributed by atoms with Crippen molar-refractivity contribution in [3.05, 3.63) is 34.8 Å². The van der Waals surface area contributed by atoms with Gasteiger partial charge >= 0.3 is 0 Å². The van der Waals surface area contributed by atoms with E-state index in [2.05, 4.69) is 39.5 Å². The molecule has 0 aromatic rings. The third-order valence-electron chi connectivity index (χ3n) is 13.7. The molecule has 4 heteroatoms. The van der Waals surface area contributed by atoms with Gasteiger partial charge in [-0.25, -0.2) is 4.85 Å². The summed E-state index contributed by atoms with van der Waals surface area (Å²) in [6, 6.07) is 0. The third kappa shape index (κ3) is 3.50. The molecule has 0 unspecified atom stereocenters. The molecule has 4 saturated carbocycles. The first-order chi connectivity index (χ1) is 18.2. The molecule has 0 saturated heterocycles. The molecule has 6 aliphatic rings. The van der Waals surface area contributed by atoms with Gasteiger partial charge in [0.1, 0.15) is 5.78 Å². The summed E-state index contributed by atoms with van der Waals surface area (Å²) in [5.41, 5.74) is 0.261. The predicted molar refractivity (Wildman–Crippen MR) is 152 cm³/mol. The summed E-state index contributed by atoms with van der Waals surface area (Å²) >= 11 is 0. The maximum absolute atomic E-state index is 14.5. The molecule has 4 nitrogen and oxygen atoms in total. The van der Waals surface area contributed by atoms with Crippen molar-refractivity contribution < 1.29 is 14.4 Å². The Balaban J connectivity index is 1.47. The number of allylic oxidation sites excluding steroid dienone is 4. The minimum Gasteiger partial charge on any atom is -0.308 e. The molecule has 39 heavy (non-hydrogen) atoms. The molecule has 8 atom stereocenters. The van der Waals surface area contributed by atoms with Crippen LogP contribution in [0.4, 0.5) is 0 Å². The van der Waals surface area contributed by atoms with Crippen LogP contribution in [0.5, 0.6) is 0 Å². The molecule has 4 fully saturated rings. The summed E-state index contributed by atoms with van der Waals surface area (Å²) in [7, 11) is 0. The summed E-state index contributed by atoms with van der Waals surface area (Å²) in [5.74, 6) is 1.04. The number of hydrogen-bond acceptors (Lipinski definition) is 3. The number of fused-ring (bicyclic) bond motifs is 7. The largest absolute Gasteiger partial charge is 0.308 e. The lowest BCUT2D eigenvalue weighted by Crippen LogP contribution is -2.65. The van der Waals surface area contributed by atoms with Crippen molar-refractivity contribution in [2.45, 2.75) is 112 Å². The summed E-state index contributed by atoms with van der Waals surface area (Å²) in [6.07, 6.45) is 14.8. The second-order valence-corrected chi connectivity index (χ2v) is 16.0. The highest BCUT2D eigenvalue weighted by molar-refractivity contribution is 6.01. The van der Waals surface area contributed by atoms with Crippen LogP contribution in [-0.2, 0) is 14.4 Å². The van der Waals surface area contributed by atoms with E-state index in [1.54, 1.807) is 0 Å². The zero-order valence-electron chi connectivity index (χ0n) is 25.0. The average molecular weight is 530 g/mol. The van der Waals surface area contributed by atoms with Crippen LogP contribution < -0.4 is 0 Å². The topological polar surface area (TPSA) is 55.6 Å². The van der Waals surface area contributed by atoms with Crippen molar-refractivity contribution >= 4 is 17.3 Å². The molecular weight excluding hydrogens is 482 g/mol. The predicted octanol–water partition coefficient (Wildman–Crippen LogP) is 7.93. The maximum atomic E-state index is 14.5. The number of Topliss-reactive ketones (excluding diaryl/α,β-unsaturated/α-hetero) is 2. The number of nitrogens with zero attached hydrogens (tertiary/aromatic N) is 1. The molecule has 0 aliphatic heterocycles. The van der Waals surface area contributed by atoms with Crippen molar-refractivity contribution in [2.75, 3.05) is 0 Å². The minimum atomic E-state index is -0.468. The molecule has 0 N–H and O–H groups in total. The Bertz CT molecular complexity index is 1240. The van der Waals surface area contributed by atoms with Crippen LogP contribution in [0, 0.1) is 63.2 Å². The summed E-state index contributed by atoms with van der Waals surface area (Å²) < 4.78 is 0.